The van der Waals surface area contributed by atoms with Crippen LogP contribution in [0.15, 0.2) is 42.5 Å². The van der Waals surface area contributed by atoms with Gasteiger partial charge in [0.1, 0.15) is 11.6 Å². The van der Waals surface area contributed by atoms with Crippen LogP contribution in [-0.4, -0.2) is 33.8 Å². The number of hydrogen-bond acceptors (Lipinski definition) is 4. The smallest absolute Gasteiger partial charge is 0.255 e. The molecular formula is C20H21N3O3. The molecule has 1 fully saturated rings. The number of nitrogens with one attached hydrogen (secondary N) is 1. The van der Waals surface area contributed by atoms with Gasteiger partial charge < -0.3 is 19.7 Å². The van der Waals surface area contributed by atoms with Crippen LogP contribution >= 0.6 is 0 Å². The van der Waals surface area contributed by atoms with Crippen LogP contribution in [0.1, 0.15) is 35.1 Å². The maximum Gasteiger partial charge on any atom is 0.255 e. The second-order valence-corrected chi connectivity index (χ2v) is 6.55. The summed E-state index contributed by atoms with van der Waals surface area (Å²) in [5, 5.41) is 12.6. The molecule has 26 heavy (non-hydrogen) atoms. The Kier molecular flexibility index (Phi) is 4.34. The van der Waals surface area contributed by atoms with Gasteiger partial charge in [0.15, 0.2) is 0 Å². The minimum atomic E-state index is -0.272. The van der Waals surface area contributed by atoms with E-state index in [0.29, 0.717) is 17.3 Å². The van der Waals surface area contributed by atoms with Crippen molar-refractivity contribution < 1.29 is 14.6 Å². The number of nitrogens with zero attached hydrogens (tertiary/aromatic N) is 2. The number of anilines is 1. The second kappa shape index (κ2) is 6.80. The Bertz CT molecular complexity index is 958. The standard InChI is InChI=1S/C20H21N3O3/c1-13-21-17-12-14(20(25)22-16-4-2-3-5-19(16)24)6-7-18(17)23(13)15-8-10-26-11-9-15/h2-7,12,15,24H,8-11H2,1H3,(H,22,25). The number of phenols is 1. The van der Waals surface area contributed by atoms with E-state index in [1.807, 2.05) is 13.0 Å². The summed E-state index contributed by atoms with van der Waals surface area (Å²) in [5.74, 6) is 0.721. The quantitative estimate of drug-likeness (QED) is 0.706. The Balaban J connectivity index is 1.64. The average molecular weight is 351 g/mol. The van der Waals surface area contributed by atoms with Crippen molar-refractivity contribution in [2.24, 2.45) is 0 Å². The Morgan fingerprint density at radius 2 is 2.00 bits per heavy atom. The average Bonchev–Trinajstić information content (AvgIpc) is 2.99. The fourth-order valence-electron chi connectivity index (χ4n) is 3.54. The number of rotatable bonds is 3. The zero-order chi connectivity index (χ0) is 18.1. The van der Waals surface area contributed by atoms with Crippen LogP contribution < -0.4 is 5.32 Å². The van der Waals surface area contributed by atoms with Crippen molar-refractivity contribution in [3.63, 3.8) is 0 Å². The molecule has 2 N–H and O–H groups in total. The molecule has 2 heterocycles. The first-order valence-electron chi connectivity index (χ1n) is 8.79. The third-order valence-corrected chi connectivity index (χ3v) is 4.84. The van der Waals surface area contributed by atoms with Crippen molar-refractivity contribution in [1.82, 2.24) is 9.55 Å². The second-order valence-electron chi connectivity index (χ2n) is 6.55. The molecule has 3 aromatic rings. The number of hydrogen-bond donors (Lipinski definition) is 2. The van der Waals surface area contributed by atoms with E-state index < -0.39 is 0 Å². The van der Waals surface area contributed by atoms with Crippen molar-refractivity contribution >= 4 is 22.6 Å². The molecule has 6 heteroatoms. The molecule has 0 unspecified atom stereocenters. The maximum absolute atomic E-state index is 12.5. The monoisotopic (exact) mass is 351 g/mol. The molecule has 1 aliphatic rings. The number of benzene rings is 2. The molecule has 4 rings (SSSR count). The highest BCUT2D eigenvalue weighted by Gasteiger charge is 2.21. The van der Waals surface area contributed by atoms with Gasteiger partial charge in [-0.2, -0.15) is 0 Å². The highest BCUT2D eigenvalue weighted by Crippen LogP contribution is 2.29. The van der Waals surface area contributed by atoms with E-state index in [1.165, 1.54) is 6.07 Å². The van der Waals surface area contributed by atoms with Crippen LogP contribution in [0.2, 0.25) is 0 Å². The number of carbonyl (C=O) groups excluding carboxylic acids is 1. The number of imidazole rings is 1. The Morgan fingerprint density at radius 1 is 1.23 bits per heavy atom. The molecule has 0 atom stereocenters. The van der Waals surface area contributed by atoms with Gasteiger partial charge in [-0.3, -0.25) is 4.79 Å². The number of phenolic OH excluding ortho intramolecular Hbond substituents is 1. The Morgan fingerprint density at radius 3 is 2.77 bits per heavy atom. The van der Waals surface area contributed by atoms with Gasteiger partial charge >= 0.3 is 0 Å². The first-order valence-corrected chi connectivity index (χ1v) is 8.79. The van der Waals surface area contributed by atoms with Crippen LogP contribution in [0, 0.1) is 6.92 Å². The summed E-state index contributed by atoms with van der Waals surface area (Å²) in [6, 6.07) is 12.6. The van der Waals surface area contributed by atoms with Gasteiger partial charge in [-0.15, -0.1) is 0 Å². The van der Waals surface area contributed by atoms with Gasteiger partial charge in [-0.05, 0) is 50.1 Å². The molecule has 1 amide bonds. The maximum atomic E-state index is 12.5. The predicted octanol–water partition coefficient (Wildman–Crippen LogP) is 3.65. The largest absolute Gasteiger partial charge is 0.506 e. The lowest BCUT2D eigenvalue weighted by atomic mass is 10.1. The summed E-state index contributed by atoms with van der Waals surface area (Å²) < 4.78 is 7.71. The summed E-state index contributed by atoms with van der Waals surface area (Å²) in [7, 11) is 0. The van der Waals surface area contributed by atoms with E-state index in [9.17, 15) is 9.90 Å². The van der Waals surface area contributed by atoms with Gasteiger partial charge in [0.2, 0.25) is 0 Å². The van der Waals surface area contributed by atoms with Gasteiger partial charge in [0.25, 0.3) is 5.91 Å². The normalized spacial score (nSPS) is 15.3. The van der Waals surface area contributed by atoms with Crippen LogP contribution in [0.3, 0.4) is 0 Å². The van der Waals surface area contributed by atoms with E-state index in [4.69, 9.17) is 4.74 Å². The molecule has 0 saturated carbocycles. The van der Waals surface area contributed by atoms with E-state index in [2.05, 4.69) is 14.9 Å². The fraction of sp³-hybridized carbons (Fsp3) is 0.300. The van der Waals surface area contributed by atoms with Crippen LogP contribution in [-0.2, 0) is 4.74 Å². The summed E-state index contributed by atoms with van der Waals surface area (Å²) in [6.45, 7) is 3.53. The van der Waals surface area contributed by atoms with Crippen molar-refractivity contribution in [2.45, 2.75) is 25.8 Å². The molecule has 0 radical (unpaired) electrons. The predicted molar refractivity (Wildman–Crippen MR) is 99.6 cm³/mol. The fourth-order valence-corrected chi connectivity index (χ4v) is 3.54. The van der Waals surface area contributed by atoms with E-state index in [1.54, 1.807) is 30.3 Å². The third-order valence-electron chi connectivity index (χ3n) is 4.84. The zero-order valence-electron chi connectivity index (χ0n) is 14.6. The van der Waals surface area contributed by atoms with Crippen molar-refractivity contribution in [3.8, 4) is 5.75 Å². The molecule has 0 aliphatic carbocycles. The number of ether oxygens (including phenoxy) is 1. The van der Waals surface area contributed by atoms with Crippen molar-refractivity contribution in [2.75, 3.05) is 18.5 Å². The Labute approximate surface area is 151 Å². The number of aryl methyl sites for hydroxylation is 1. The van der Waals surface area contributed by atoms with E-state index in [-0.39, 0.29) is 11.7 Å². The molecule has 0 bridgehead atoms. The first-order chi connectivity index (χ1) is 12.6. The molecule has 0 spiro atoms. The van der Waals surface area contributed by atoms with Crippen LogP contribution in [0.4, 0.5) is 5.69 Å². The number of fused-ring (bicyclic) bond motifs is 1. The summed E-state index contributed by atoms with van der Waals surface area (Å²) in [6.07, 6.45) is 1.95. The lowest BCUT2D eigenvalue weighted by molar-refractivity contribution is 0.0701. The number of aromatic nitrogens is 2. The van der Waals surface area contributed by atoms with Gasteiger partial charge in [0.05, 0.1) is 16.7 Å². The molecule has 6 nitrogen and oxygen atoms in total. The third kappa shape index (κ3) is 3.04. The summed E-state index contributed by atoms with van der Waals surface area (Å²) in [5.41, 5.74) is 2.74. The van der Waals surface area contributed by atoms with Crippen molar-refractivity contribution in [3.05, 3.63) is 53.9 Å². The Hall–Kier alpha value is -2.86. The first kappa shape index (κ1) is 16.6. The SMILES string of the molecule is Cc1nc2cc(C(=O)Nc3ccccc3O)ccc2n1C1CCOCC1. The summed E-state index contributed by atoms with van der Waals surface area (Å²) >= 11 is 0. The minimum Gasteiger partial charge on any atom is -0.506 e. The molecular weight excluding hydrogens is 330 g/mol. The molecule has 1 saturated heterocycles. The topological polar surface area (TPSA) is 76.4 Å². The van der Waals surface area contributed by atoms with Gasteiger partial charge in [-0.1, -0.05) is 12.1 Å². The zero-order valence-corrected chi connectivity index (χ0v) is 14.6. The van der Waals surface area contributed by atoms with Crippen LogP contribution in [0.5, 0.6) is 5.75 Å². The molecule has 1 aromatic heterocycles. The van der Waals surface area contributed by atoms with Crippen molar-refractivity contribution in [1.29, 1.82) is 0 Å². The number of aromatic hydroxyl groups is 1. The number of para-hydroxylation sites is 2. The number of amides is 1. The lowest BCUT2D eigenvalue weighted by Crippen LogP contribution is -2.20. The van der Waals surface area contributed by atoms with E-state index in [0.717, 1.165) is 42.9 Å². The van der Waals surface area contributed by atoms with Gasteiger partial charge in [0, 0.05) is 24.8 Å². The molecule has 134 valence electrons. The van der Waals surface area contributed by atoms with Crippen LogP contribution in [0.25, 0.3) is 11.0 Å². The van der Waals surface area contributed by atoms with E-state index >= 15 is 0 Å². The highest BCUT2D eigenvalue weighted by atomic mass is 16.5. The minimum absolute atomic E-state index is 0.0431. The number of carbonyl (C=O) groups is 1. The lowest BCUT2D eigenvalue weighted by Gasteiger charge is -2.25. The van der Waals surface area contributed by atoms with Gasteiger partial charge in [-0.25, -0.2) is 4.98 Å². The highest BCUT2D eigenvalue weighted by molar-refractivity contribution is 6.06. The molecule has 1 aliphatic heterocycles. The molecule has 2 aromatic carbocycles. The summed E-state index contributed by atoms with van der Waals surface area (Å²) in [4.78, 5) is 17.2.